The van der Waals surface area contributed by atoms with Crippen LogP contribution in [0.3, 0.4) is 0 Å². The molecular formula is C14H13BrO3. The van der Waals surface area contributed by atoms with E-state index in [1.165, 1.54) is 7.11 Å². The minimum Gasteiger partial charge on any atom is -0.491 e. The van der Waals surface area contributed by atoms with Gasteiger partial charge in [0.1, 0.15) is 17.2 Å². The zero-order valence-electron chi connectivity index (χ0n) is 9.93. The Kier molecular flexibility index (Phi) is 4.20. The van der Waals surface area contributed by atoms with Crippen LogP contribution in [0.1, 0.15) is 0 Å². The van der Waals surface area contributed by atoms with Crippen molar-refractivity contribution in [3.8, 4) is 5.75 Å². The van der Waals surface area contributed by atoms with Crippen LogP contribution in [0, 0.1) is 0 Å². The average Bonchev–Trinajstić information content (AvgIpc) is 2.43. The lowest BCUT2D eigenvalue weighted by molar-refractivity contribution is -0.140. The van der Waals surface area contributed by atoms with Crippen molar-refractivity contribution < 1.29 is 14.3 Å². The molecule has 2 aromatic carbocycles. The molecule has 0 saturated carbocycles. The molecule has 0 spiro atoms. The van der Waals surface area contributed by atoms with Crippen molar-refractivity contribution in [2.24, 2.45) is 0 Å². The third kappa shape index (κ3) is 2.82. The van der Waals surface area contributed by atoms with E-state index in [-0.39, 0.29) is 12.6 Å². The van der Waals surface area contributed by atoms with Gasteiger partial charge in [0.2, 0.25) is 0 Å². The topological polar surface area (TPSA) is 35.5 Å². The van der Waals surface area contributed by atoms with Gasteiger partial charge in [-0.25, -0.2) is 0 Å². The van der Waals surface area contributed by atoms with E-state index in [2.05, 4.69) is 20.7 Å². The largest absolute Gasteiger partial charge is 0.491 e. The molecule has 0 aliphatic rings. The summed E-state index contributed by atoms with van der Waals surface area (Å²) in [5, 5.41) is 2.14. The Labute approximate surface area is 114 Å². The van der Waals surface area contributed by atoms with Gasteiger partial charge in [0, 0.05) is 5.39 Å². The molecule has 2 rings (SSSR count). The second kappa shape index (κ2) is 5.87. The van der Waals surface area contributed by atoms with E-state index < -0.39 is 4.83 Å². The van der Waals surface area contributed by atoms with Gasteiger partial charge in [-0.3, -0.25) is 4.79 Å². The molecule has 4 heteroatoms. The van der Waals surface area contributed by atoms with Gasteiger partial charge in [0.15, 0.2) is 0 Å². The van der Waals surface area contributed by atoms with Crippen LogP contribution in [0.2, 0.25) is 0 Å². The fourth-order valence-electron chi connectivity index (χ4n) is 1.68. The summed E-state index contributed by atoms with van der Waals surface area (Å²) in [7, 11) is 1.36. The monoisotopic (exact) mass is 308 g/mol. The molecule has 0 bridgehead atoms. The maximum absolute atomic E-state index is 11.2. The lowest BCUT2D eigenvalue weighted by Crippen LogP contribution is -2.22. The van der Waals surface area contributed by atoms with Crippen molar-refractivity contribution in [1.82, 2.24) is 0 Å². The van der Waals surface area contributed by atoms with E-state index in [0.29, 0.717) is 0 Å². The molecule has 1 unspecified atom stereocenters. The summed E-state index contributed by atoms with van der Waals surface area (Å²) in [6.07, 6.45) is 0. The highest BCUT2D eigenvalue weighted by Gasteiger charge is 2.16. The van der Waals surface area contributed by atoms with Crippen LogP contribution in [0.25, 0.3) is 10.8 Å². The summed E-state index contributed by atoms with van der Waals surface area (Å²) in [6.45, 7) is 0.237. The summed E-state index contributed by atoms with van der Waals surface area (Å²) in [5.74, 6) is 0.427. The first-order valence-corrected chi connectivity index (χ1v) is 6.46. The summed E-state index contributed by atoms with van der Waals surface area (Å²) in [4.78, 5) is 10.8. The van der Waals surface area contributed by atoms with Gasteiger partial charge in [-0.05, 0) is 11.5 Å². The number of ether oxygens (including phenoxy) is 2. The highest BCUT2D eigenvalue weighted by atomic mass is 79.9. The number of methoxy groups -OCH3 is 1. The average molecular weight is 309 g/mol. The number of hydrogen-bond acceptors (Lipinski definition) is 3. The third-order valence-electron chi connectivity index (χ3n) is 2.59. The van der Waals surface area contributed by atoms with E-state index in [4.69, 9.17) is 4.74 Å². The number of alkyl halides is 1. The van der Waals surface area contributed by atoms with E-state index in [9.17, 15) is 4.79 Å². The molecule has 0 aliphatic carbocycles. The third-order valence-corrected chi connectivity index (χ3v) is 3.23. The molecule has 94 valence electrons. The van der Waals surface area contributed by atoms with Crippen molar-refractivity contribution in [3.63, 3.8) is 0 Å². The van der Waals surface area contributed by atoms with Crippen LogP contribution in [0.15, 0.2) is 42.5 Å². The van der Waals surface area contributed by atoms with E-state index in [0.717, 1.165) is 16.5 Å². The zero-order valence-corrected chi connectivity index (χ0v) is 11.5. The highest BCUT2D eigenvalue weighted by Crippen LogP contribution is 2.25. The van der Waals surface area contributed by atoms with E-state index >= 15 is 0 Å². The Morgan fingerprint density at radius 2 is 1.94 bits per heavy atom. The number of rotatable bonds is 4. The first kappa shape index (κ1) is 12.9. The van der Waals surface area contributed by atoms with Gasteiger partial charge in [-0.1, -0.05) is 52.3 Å². The summed E-state index contributed by atoms with van der Waals surface area (Å²) < 4.78 is 10.3. The van der Waals surface area contributed by atoms with Gasteiger partial charge < -0.3 is 9.47 Å². The normalized spacial score (nSPS) is 12.1. The molecular weight excluding hydrogens is 296 g/mol. The fourth-order valence-corrected chi connectivity index (χ4v) is 2.00. The Balaban J connectivity index is 2.15. The van der Waals surface area contributed by atoms with Crippen molar-refractivity contribution >= 4 is 32.7 Å². The Bertz CT molecular complexity index is 548. The molecule has 1 atom stereocenters. The number of halogens is 1. The first-order chi connectivity index (χ1) is 8.72. The molecule has 0 radical (unpaired) electrons. The smallest absolute Gasteiger partial charge is 0.322 e. The minimum atomic E-state index is -0.457. The predicted molar refractivity (Wildman–Crippen MR) is 74.2 cm³/mol. The molecule has 0 aliphatic heterocycles. The van der Waals surface area contributed by atoms with Crippen LogP contribution in [-0.2, 0) is 9.53 Å². The van der Waals surface area contributed by atoms with Crippen LogP contribution in [-0.4, -0.2) is 24.5 Å². The van der Waals surface area contributed by atoms with Gasteiger partial charge >= 0.3 is 5.97 Å². The number of fused-ring (bicyclic) bond motifs is 1. The van der Waals surface area contributed by atoms with Crippen LogP contribution in [0.4, 0.5) is 0 Å². The lowest BCUT2D eigenvalue weighted by atomic mass is 10.1. The minimum absolute atomic E-state index is 0.237. The number of carbonyl (C=O) groups excluding carboxylic acids is 1. The van der Waals surface area contributed by atoms with Crippen LogP contribution >= 0.6 is 15.9 Å². The van der Waals surface area contributed by atoms with Crippen LogP contribution in [0.5, 0.6) is 5.75 Å². The van der Waals surface area contributed by atoms with Crippen molar-refractivity contribution in [1.29, 1.82) is 0 Å². The predicted octanol–water partition coefficient (Wildman–Crippen LogP) is 3.16. The van der Waals surface area contributed by atoms with E-state index in [1.54, 1.807) is 0 Å². The van der Waals surface area contributed by atoms with Crippen molar-refractivity contribution in [2.45, 2.75) is 4.83 Å². The molecule has 2 aromatic rings. The molecule has 0 fully saturated rings. The Morgan fingerprint density at radius 3 is 2.72 bits per heavy atom. The number of benzene rings is 2. The second-order valence-electron chi connectivity index (χ2n) is 3.78. The lowest BCUT2D eigenvalue weighted by Gasteiger charge is -2.11. The molecule has 0 saturated heterocycles. The first-order valence-electron chi connectivity index (χ1n) is 5.55. The molecule has 0 heterocycles. The fraction of sp³-hybridized carbons (Fsp3) is 0.214. The Morgan fingerprint density at radius 1 is 1.22 bits per heavy atom. The number of esters is 1. The standard InChI is InChI=1S/C14H13BrO3/c1-17-14(16)12(15)9-18-13-8-4-6-10-5-2-3-7-11(10)13/h2-8,12H,9H2,1H3. The number of carbonyl (C=O) groups is 1. The van der Waals surface area contributed by atoms with Gasteiger partial charge in [0.05, 0.1) is 7.11 Å². The molecule has 0 amide bonds. The van der Waals surface area contributed by atoms with Crippen LogP contribution < -0.4 is 4.74 Å². The molecule has 0 N–H and O–H groups in total. The maximum Gasteiger partial charge on any atom is 0.322 e. The van der Waals surface area contributed by atoms with Gasteiger partial charge in [0.25, 0.3) is 0 Å². The molecule has 3 nitrogen and oxygen atoms in total. The van der Waals surface area contributed by atoms with E-state index in [1.807, 2.05) is 42.5 Å². The SMILES string of the molecule is COC(=O)C(Br)COc1cccc2ccccc12. The second-order valence-corrected chi connectivity index (χ2v) is 4.88. The van der Waals surface area contributed by atoms with Gasteiger partial charge in [-0.2, -0.15) is 0 Å². The number of hydrogen-bond donors (Lipinski definition) is 0. The maximum atomic E-state index is 11.2. The molecule has 18 heavy (non-hydrogen) atoms. The Hall–Kier alpha value is -1.55. The summed E-state index contributed by atoms with van der Waals surface area (Å²) >= 11 is 3.23. The summed E-state index contributed by atoms with van der Waals surface area (Å²) in [5.41, 5.74) is 0. The van der Waals surface area contributed by atoms with Crippen molar-refractivity contribution in [2.75, 3.05) is 13.7 Å². The van der Waals surface area contributed by atoms with Crippen molar-refractivity contribution in [3.05, 3.63) is 42.5 Å². The molecule has 0 aromatic heterocycles. The quantitative estimate of drug-likeness (QED) is 0.643. The summed E-state index contributed by atoms with van der Waals surface area (Å²) in [6, 6.07) is 13.8. The van der Waals surface area contributed by atoms with Gasteiger partial charge in [-0.15, -0.1) is 0 Å². The zero-order chi connectivity index (χ0) is 13.0. The highest BCUT2D eigenvalue weighted by molar-refractivity contribution is 9.10.